The van der Waals surface area contributed by atoms with Crippen molar-refractivity contribution in [2.24, 2.45) is 11.7 Å². The molecule has 98 valence electrons. The highest BCUT2D eigenvalue weighted by Gasteiger charge is 2.29. The highest BCUT2D eigenvalue weighted by Crippen LogP contribution is 2.20. The van der Waals surface area contributed by atoms with Crippen molar-refractivity contribution in [1.82, 2.24) is 4.31 Å². The first-order valence-corrected chi connectivity index (χ1v) is 7.05. The average molecular weight is 264 g/mol. The first kappa shape index (κ1) is 13.9. The average Bonchev–Trinajstić information content (AvgIpc) is 2.25. The maximum atomic E-state index is 11.5. The predicted octanol–water partition coefficient (Wildman–Crippen LogP) is -1.31. The Morgan fingerprint density at radius 1 is 1.35 bits per heavy atom. The summed E-state index contributed by atoms with van der Waals surface area (Å²) in [7, 11) is -3.19. The van der Waals surface area contributed by atoms with Crippen LogP contribution in [0.3, 0.4) is 0 Å². The molecule has 1 aliphatic rings. The smallest absolute Gasteiger partial charge is 0.309 e. The van der Waals surface area contributed by atoms with Crippen molar-refractivity contribution >= 4 is 21.9 Å². The molecule has 17 heavy (non-hydrogen) atoms. The number of carbonyl (C=O) groups excluding carboxylic acids is 2. The number of nitrogens with two attached hydrogens (primary N) is 1. The van der Waals surface area contributed by atoms with Gasteiger partial charge in [-0.3, -0.25) is 9.59 Å². The maximum Gasteiger partial charge on any atom is 0.309 e. The van der Waals surface area contributed by atoms with Crippen molar-refractivity contribution in [3.05, 3.63) is 0 Å². The van der Waals surface area contributed by atoms with Crippen LogP contribution >= 0.6 is 0 Å². The van der Waals surface area contributed by atoms with Crippen LogP contribution in [0.4, 0.5) is 0 Å². The molecule has 1 saturated heterocycles. The van der Waals surface area contributed by atoms with Gasteiger partial charge >= 0.3 is 5.97 Å². The van der Waals surface area contributed by atoms with E-state index in [0.717, 1.165) is 6.26 Å². The van der Waals surface area contributed by atoms with E-state index in [1.165, 1.54) is 4.31 Å². The van der Waals surface area contributed by atoms with Crippen LogP contribution in [0.15, 0.2) is 0 Å². The summed E-state index contributed by atoms with van der Waals surface area (Å²) in [6, 6.07) is 0. The molecule has 0 saturated carbocycles. The molecule has 0 aromatic heterocycles. The topological polar surface area (TPSA) is 107 Å². The second kappa shape index (κ2) is 5.46. The Bertz CT molecular complexity index is 398. The third kappa shape index (κ3) is 4.31. The lowest BCUT2D eigenvalue weighted by Crippen LogP contribution is -2.40. The van der Waals surface area contributed by atoms with Gasteiger partial charge in [-0.25, -0.2) is 12.7 Å². The van der Waals surface area contributed by atoms with Crippen LogP contribution in [0, 0.1) is 5.92 Å². The quantitative estimate of drug-likeness (QED) is 0.634. The number of primary amides is 1. The lowest BCUT2D eigenvalue weighted by Gasteiger charge is -2.28. The lowest BCUT2D eigenvalue weighted by molar-refractivity contribution is -0.153. The van der Waals surface area contributed by atoms with Crippen molar-refractivity contribution < 1.29 is 22.7 Å². The van der Waals surface area contributed by atoms with E-state index < -0.39 is 28.5 Å². The first-order chi connectivity index (χ1) is 7.80. The lowest BCUT2D eigenvalue weighted by atomic mass is 9.98. The summed E-state index contributed by atoms with van der Waals surface area (Å²) in [5.41, 5.74) is 4.85. The fraction of sp³-hybridized carbons (Fsp3) is 0.778. The summed E-state index contributed by atoms with van der Waals surface area (Å²) in [4.78, 5) is 21.9. The Balaban J connectivity index is 2.41. The highest BCUT2D eigenvalue weighted by molar-refractivity contribution is 7.88. The van der Waals surface area contributed by atoms with Gasteiger partial charge in [0, 0.05) is 13.1 Å². The fourth-order valence-electron chi connectivity index (χ4n) is 1.68. The summed E-state index contributed by atoms with van der Waals surface area (Å²) in [5.74, 6) is -1.55. The molecule has 0 atom stereocenters. The standard InChI is InChI=1S/C9H16N2O5S/c1-17(14,15)11-4-2-7(3-5-11)9(13)16-6-8(10)12/h7H,2-6H2,1H3,(H2,10,12). The van der Waals surface area contributed by atoms with Crippen LogP contribution in [0.1, 0.15) is 12.8 Å². The Kier molecular flexibility index (Phi) is 4.47. The molecule has 0 spiro atoms. The van der Waals surface area contributed by atoms with Gasteiger partial charge < -0.3 is 10.5 Å². The zero-order valence-electron chi connectivity index (χ0n) is 9.59. The Hall–Kier alpha value is -1.15. The SMILES string of the molecule is CS(=O)(=O)N1CCC(C(=O)OCC(N)=O)CC1. The molecule has 7 nitrogen and oxygen atoms in total. The number of rotatable bonds is 4. The van der Waals surface area contributed by atoms with E-state index in [4.69, 9.17) is 5.73 Å². The minimum absolute atomic E-state index is 0.301. The van der Waals surface area contributed by atoms with E-state index in [2.05, 4.69) is 4.74 Å². The van der Waals surface area contributed by atoms with Crippen LogP contribution in [-0.2, 0) is 24.3 Å². The van der Waals surface area contributed by atoms with Gasteiger partial charge in [-0.05, 0) is 12.8 Å². The minimum Gasteiger partial charge on any atom is -0.455 e. The van der Waals surface area contributed by atoms with Crippen molar-refractivity contribution in [3.8, 4) is 0 Å². The molecule has 0 unspecified atom stereocenters. The fourth-order valence-corrected chi connectivity index (χ4v) is 2.56. The summed E-state index contributed by atoms with van der Waals surface area (Å²) >= 11 is 0. The number of nitrogens with zero attached hydrogens (tertiary/aromatic N) is 1. The number of hydrogen-bond acceptors (Lipinski definition) is 5. The van der Waals surface area contributed by atoms with Gasteiger partial charge in [-0.2, -0.15) is 0 Å². The molecule has 1 amide bonds. The van der Waals surface area contributed by atoms with Gasteiger partial charge in [0.25, 0.3) is 5.91 Å². The number of piperidine rings is 1. The molecule has 0 bridgehead atoms. The third-order valence-electron chi connectivity index (χ3n) is 2.61. The number of amides is 1. The molecule has 8 heteroatoms. The maximum absolute atomic E-state index is 11.5. The Morgan fingerprint density at radius 2 is 1.88 bits per heavy atom. The molecule has 0 aromatic carbocycles. The largest absolute Gasteiger partial charge is 0.455 e. The number of esters is 1. The van der Waals surface area contributed by atoms with E-state index in [1.807, 2.05) is 0 Å². The van der Waals surface area contributed by atoms with E-state index in [9.17, 15) is 18.0 Å². The Labute approximate surface area is 100.0 Å². The van der Waals surface area contributed by atoms with Crippen molar-refractivity contribution in [2.45, 2.75) is 12.8 Å². The monoisotopic (exact) mass is 264 g/mol. The van der Waals surface area contributed by atoms with Gasteiger partial charge in [0.05, 0.1) is 12.2 Å². The summed E-state index contributed by atoms with van der Waals surface area (Å²) < 4.78 is 28.5. The molecule has 0 aliphatic carbocycles. The molecule has 0 radical (unpaired) electrons. The van der Waals surface area contributed by atoms with Gasteiger partial charge in [0.15, 0.2) is 6.61 Å². The summed E-state index contributed by atoms with van der Waals surface area (Å²) in [6.45, 7) is 0.176. The second-order valence-electron chi connectivity index (χ2n) is 4.01. The van der Waals surface area contributed by atoms with Crippen LogP contribution in [0.25, 0.3) is 0 Å². The summed E-state index contributed by atoms with van der Waals surface area (Å²) in [6.07, 6.45) is 1.95. The number of hydrogen-bond donors (Lipinski definition) is 1. The third-order valence-corrected chi connectivity index (χ3v) is 3.92. The van der Waals surface area contributed by atoms with Gasteiger partial charge in [-0.15, -0.1) is 0 Å². The molecule has 1 fully saturated rings. The number of sulfonamides is 1. The highest BCUT2D eigenvalue weighted by atomic mass is 32.2. The van der Waals surface area contributed by atoms with Crippen LogP contribution in [0.5, 0.6) is 0 Å². The molecule has 1 heterocycles. The molecule has 1 rings (SSSR count). The van der Waals surface area contributed by atoms with E-state index in [-0.39, 0.29) is 5.92 Å². The van der Waals surface area contributed by atoms with E-state index in [0.29, 0.717) is 25.9 Å². The first-order valence-electron chi connectivity index (χ1n) is 5.21. The van der Waals surface area contributed by atoms with E-state index in [1.54, 1.807) is 0 Å². The number of ether oxygens (including phenoxy) is 1. The van der Waals surface area contributed by atoms with E-state index >= 15 is 0 Å². The van der Waals surface area contributed by atoms with Gasteiger partial charge in [0.2, 0.25) is 10.0 Å². The zero-order valence-corrected chi connectivity index (χ0v) is 10.4. The molecular formula is C9H16N2O5S. The summed E-state index contributed by atoms with van der Waals surface area (Å²) in [5, 5.41) is 0. The molecule has 0 aromatic rings. The molecule has 2 N–H and O–H groups in total. The van der Waals surface area contributed by atoms with Gasteiger partial charge in [0.1, 0.15) is 0 Å². The van der Waals surface area contributed by atoms with Crippen LogP contribution < -0.4 is 5.73 Å². The zero-order chi connectivity index (χ0) is 13.1. The number of carbonyl (C=O) groups is 2. The normalized spacial score (nSPS) is 18.9. The van der Waals surface area contributed by atoms with Crippen LogP contribution in [0.2, 0.25) is 0 Å². The predicted molar refractivity (Wildman–Crippen MR) is 59.3 cm³/mol. The van der Waals surface area contributed by atoms with Crippen molar-refractivity contribution in [3.63, 3.8) is 0 Å². The Morgan fingerprint density at radius 3 is 2.29 bits per heavy atom. The van der Waals surface area contributed by atoms with Gasteiger partial charge in [-0.1, -0.05) is 0 Å². The van der Waals surface area contributed by atoms with Crippen LogP contribution in [-0.4, -0.2) is 50.6 Å². The van der Waals surface area contributed by atoms with Crippen molar-refractivity contribution in [2.75, 3.05) is 26.0 Å². The molecule has 1 aliphatic heterocycles. The second-order valence-corrected chi connectivity index (χ2v) is 5.99. The molecular weight excluding hydrogens is 248 g/mol. The van der Waals surface area contributed by atoms with Crippen molar-refractivity contribution in [1.29, 1.82) is 0 Å². The minimum atomic E-state index is -3.19.